The highest BCUT2D eigenvalue weighted by Crippen LogP contribution is 2.18. The fourth-order valence-corrected chi connectivity index (χ4v) is 4.47. The molecule has 3 aromatic rings. The van der Waals surface area contributed by atoms with E-state index in [2.05, 4.69) is 39.3 Å². The van der Waals surface area contributed by atoms with Crippen LogP contribution in [0.4, 0.5) is 0 Å². The number of rotatable bonds is 10. The van der Waals surface area contributed by atoms with E-state index >= 15 is 0 Å². The smallest absolute Gasteiger partial charge is 0.240 e. The van der Waals surface area contributed by atoms with E-state index in [0.717, 1.165) is 30.2 Å². The van der Waals surface area contributed by atoms with Crippen molar-refractivity contribution in [2.45, 2.75) is 30.7 Å². The van der Waals surface area contributed by atoms with Crippen LogP contribution in [0.15, 0.2) is 65.8 Å². The minimum absolute atomic E-state index is 0. The van der Waals surface area contributed by atoms with Crippen molar-refractivity contribution in [3.8, 4) is 0 Å². The first-order valence-electron chi connectivity index (χ1n) is 9.82. The van der Waals surface area contributed by atoms with Gasteiger partial charge in [0, 0.05) is 30.4 Å². The van der Waals surface area contributed by atoms with E-state index in [0.29, 0.717) is 13.1 Å². The molecule has 1 aromatic heterocycles. The van der Waals surface area contributed by atoms with E-state index < -0.39 is 10.0 Å². The Hall–Kier alpha value is -2.03. The number of aromatic nitrogens is 1. The van der Waals surface area contributed by atoms with E-state index in [4.69, 9.17) is 5.73 Å². The summed E-state index contributed by atoms with van der Waals surface area (Å²) in [7, 11) is -3.57. The highest BCUT2D eigenvalue weighted by molar-refractivity contribution is 7.89. The maximum atomic E-state index is 12.7. The summed E-state index contributed by atoms with van der Waals surface area (Å²) in [4.78, 5) is 4.32. The molecule has 0 radical (unpaired) electrons. The van der Waals surface area contributed by atoms with Gasteiger partial charge < -0.3 is 11.1 Å². The lowest BCUT2D eigenvalue weighted by Gasteiger charge is -2.15. The molecule has 0 spiro atoms. The first-order valence-corrected chi connectivity index (χ1v) is 11.3. The number of nitrogens with one attached hydrogen (secondary N) is 2. The van der Waals surface area contributed by atoms with Gasteiger partial charge >= 0.3 is 0 Å². The number of nitrogens with zero attached hydrogens (tertiary/aromatic N) is 1. The Morgan fingerprint density at radius 2 is 1.70 bits per heavy atom. The van der Waals surface area contributed by atoms with E-state index in [1.165, 1.54) is 11.1 Å². The van der Waals surface area contributed by atoms with Crippen molar-refractivity contribution in [2.75, 3.05) is 19.6 Å². The Kier molecular flexibility index (Phi) is 9.20. The zero-order valence-electron chi connectivity index (χ0n) is 17.0. The molecule has 162 valence electrons. The van der Waals surface area contributed by atoms with Crippen LogP contribution >= 0.6 is 12.4 Å². The number of sulfonamides is 1. The lowest BCUT2D eigenvalue weighted by Crippen LogP contribution is -2.40. The second-order valence-corrected chi connectivity index (χ2v) is 8.93. The molecule has 8 heteroatoms. The summed E-state index contributed by atoms with van der Waals surface area (Å²) in [6.07, 6.45) is 5.16. The fraction of sp³-hybridized carbons (Fsp3) is 0.318. The summed E-state index contributed by atoms with van der Waals surface area (Å²) in [6.45, 7) is 3.86. The third-order valence-corrected chi connectivity index (χ3v) is 6.36. The third kappa shape index (κ3) is 6.75. The number of hydrogen-bond acceptors (Lipinski definition) is 5. The van der Waals surface area contributed by atoms with Crippen molar-refractivity contribution in [2.24, 2.45) is 5.73 Å². The molecule has 6 nitrogen and oxygen atoms in total. The van der Waals surface area contributed by atoms with Crippen molar-refractivity contribution < 1.29 is 8.42 Å². The van der Waals surface area contributed by atoms with Crippen LogP contribution in [0.3, 0.4) is 0 Å². The minimum Gasteiger partial charge on any atom is -0.330 e. The summed E-state index contributed by atoms with van der Waals surface area (Å²) in [5.41, 5.74) is 8.06. The molecule has 0 aliphatic carbocycles. The number of benzene rings is 2. The zero-order chi connectivity index (χ0) is 20.7. The van der Waals surface area contributed by atoms with Crippen molar-refractivity contribution in [3.63, 3.8) is 0 Å². The molecule has 0 saturated carbocycles. The average Bonchev–Trinajstić information content (AvgIpc) is 2.72. The maximum absolute atomic E-state index is 12.7. The highest BCUT2D eigenvalue weighted by Gasteiger charge is 2.17. The van der Waals surface area contributed by atoms with E-state index in [1.807, 2.05) is 13.0 Å². The zero-order valence-corrected chi connectivity index (χ0v) is 18.7. The van der Waals surface area contributed by atoms with Gasteiger partial charge in [-0.1, -0.05) is 30.3 Å². The van der Waals surface area contributed by atoms with Gasteiger partial charge in [-0.05, 0) is 67.6 Å². The third-order valence-electron chi connectivity index (χ3n) is 4.78. The Bertz CT molecular complexity index is 1040. The number of fused-ring (bicyclic) bond motifs is 1. The largest absolute Gasteiger partial charge is 0.330 e. The van der Waals surface area contributed by atoms with Crippen LogP contribution in [0, 0.1) is 0 Å². The molecule has 1 atom stereocenters. The number of halogens is 1. The Labute approximate surface area is 184 Å². The van der Waals surface area contributed by atoms with Crippen molar-refractivity contribution in [3.05, 3.63) is 72.1 Å². The molecule has 3 rings (SSSR count). The summed E-state index contributed by atoms with van der Waals surface area (Å²) in [6, 6.07) is 15.1. The van der Waals surface area contributed by atoms with Crippen LogP contribution in [-0.2, 0) is 22.9 Å². The van der Waals surface area contributed by atoms with Crippen LogP contribution in [0.25, 0.3) is 10.8 Å². The van der Waals surface area contributed by atoms with Gasteiger partial charge in [0.2, 0.25) is 10.0 Å². The standard InChI is InChI=1S/C22H28N4O2S.ClH/c1-17(15-24-12-9-19-4-2-18(3-5-19)8-11-23)26-29(27,28)22-7-6-21-16-25-13-10-20(21)14-22;/h2-7,10,13-14,16-17,24,26H,8-9,11-12,15,23H2,1H3;1H. The SMILES string of the molecule is CC(CNCCc1ccc(CCN)cc1)NS(=O)(=O)c1ccc2cnccc2c1.Cl. The first kappa shape index (κ1) is 24.2. The van der Waals surface area contributed by atoms with Crippen molar-refractivity contribution >= 4 is 33.2 Å². The van der Waals surface area contributed by atoms with Gasteiger partial charge in [-0.2, -0.15) is 0 Å². The molecular formula is C22H29ClN4O2S. The topological polar surface area (TPSA) is 97.1 Å². The van der Waals surface area contributed by atoms with Gasteiger partial charge in [0.05, 0.1) is 4.90 Å². The number of nitrogens with two attached hydrogens (primary N) is 1. The van der Waals surface area contributed by atoms with Gasteiger partial charge in [-0.3, -0.25) is 4.98 Å². The quantitative estimate of drug-likeness (QED) is 0.414. The number of hydrogen-bond donors (Lipinski definition) is 3. The number of pyridine rings is 1. The van der Waals surface area contributed by atoms with Crippen LogP contribution in [0.1, 0.15) is 18.1 Å². The fourth-order valence-electron chi connectivity index (χ4n) is 3.19. The van der Waals surface area contributed by atoms with Gasteiger partial charge in [0.15, 0.2) is 0 Å². The van der Waals surface area contributed by atoms with Crippen molar-refractivity contribution in [1.29, 1.82) is 0 Å². The van der Waals surface area contributed by atoms with Gasteiger partial charge in [0.25, 0.3) is 0 Å². The van der Waals surface area contributed by atoms with Gasteiger partial charge in [0.1, 0.15) is 0 Å². The Morgan fingerprint density at radius 3 is 2.40 bits per heavy atom. The summed E-state index contributed by atoms with van der Waals surface area (Å²) in [5.74, 6) is 0. The predicted molar refractivity (Wildman–Crippen MR) is 125 cm³/mol. The summed E-state index contributed by atoms with van der Waals surface area (Å²) in [5, 5.41) is 5.09. The minimum atomic E-state index is -3.57. The monoisotopic (exact) mass is 448 g/mol. The normalized spacial score (nSPS) is 12.5. The summed E-state index contributed by atoms with van der Waals surface area (Å²) < 4.78 is 28.1. The van der Waals surface area contributed by atoms with E-state index in [-0.39, 0.29) is 23.3 Å². The molecule has 0 saturated heterocycles. The molecule has 1 unspecified atom stereocenters. The average molecular weight is 449 g/mol. The molecular weight excluding hydrogens is 420 g/mol. The maximum Gasteiger partial charge on any atom is 0.240 e. The van der Waals surface area contributed by atoms with E-state index in [1.54, 1.807) is 30.6 Å². The lowest BCUT2D eigenvalue weighted by molar-refractivity contribution is 0.537. The lowest BCUT2D eigenvalue weighted by atomic mass is 10.1. The Morgan fingerprint density at radius 1 is 1.00 bits per heavy atom. The molecule has 30 heavy (non-hydrogen) atoms. The molecule has 0 aliphatic heterocycles. The molecule has 2 aromatic carbocycles. The molecule has 0 amide bonds. The molecule has 0 bridgehead atoms. The highest BCUT2D eigenvalue weighted by atomic mass is 35.5. The Balaban J connectivity index is 0.00000320. The summed E-state index contributed by atoms with van der Waals surface area (Å²) >= 11 is 0. The molecule has 0 fully saturated rings. The molecule has 0 aliphatic rings. The van der Waals surface area contributed by atoms with Crippen LogP contribution in [-0.4, -0.2) is 39.1 Å². The molecule has 4 N–H and O–H groups in total. The van der Waals surface area contributed by atoms with Crippen molar-refractivity contribution in [1.82, 2.24) is 15.0 Å². The van der Waals surface area contributed by atoms with E-state index in [9.17, 15) is 8.42 Å². The van der Waals surface area contributed by atoms with Crippen LogP contribution in [0.5, 0.6) is 0 Å². The predicted octanol–water partition coefficient (Wildman–Crippen LogP) is 2.66. The van der Waals surface area contributed by atoms with Gasteiger partial charge in [-0.25, -0.2) is 13.1 Å². The first-order chi connectivity index (χ1) is 14.0. The molecule has 1 heterocycles. The van der Waals surface area contributed by atoms with Crippen LogP contribution < -0.4 is 15.8 Å². The second kappa shape index (κ2) is 11.4. The second-order valence-electron chi connectivity index (χ2n) is 7.22. The van der Waals surface area contributed by atoms with Gasteiger partial charge in [-0.15, -0.1) is 12.4 Å². The van der Waals surface area contributed by atoms with Crippen LogP contribution in [0.2, 0.25) is 0 Å².